The minimum absolute atomic E-state index is 0.266. The molecule has 2 aliphatic heterocycles. The SMILES string of the molecule is O=C(COc1ccccc1C1c2sc(=O)[nH]c2SC2C(=O)N(c3ccccc3)C(=O)C21)Nc1ccc(Cl)cc1. The number of thiazole rings is 1. The summed E-state index contributed by atoms with van der Waals surface area (Å²) in [5.74, 6) is -2.02. The lowest BCUT2D eigenvalue weighted by Crippen LogP contribution is -2.32. The number of imide groups is 1. The van der Waals surface area contributed by atoms with Gasteiger partial charge in [0.25, 0.3) is 5.91 Å². The zero-order valence-corrected chi connectivity index (χ0v) is 22.5. The van der Waals surface area contributed by atoms with Crippen LogP contribution in [0.3, 0.4) is 0 Å². The molecule has 11 heteroatoms. The first-order valence-corrected chi connectivity index (χ1v) is 14.1. The van der Waals surface area contributed by atoms with Gasteiger partial charge in [-0.05, 0) is 42.5 Å². The molecule has 39 heavy (non-hydrogen) atoms. The number of ether oxygens (including phenoxy) is 1. The molecule has 0 spiro atoms. The van der Waals surface area contributed by atoms with E-state index in [4.69, 9.17) is 16.3 Å². The molecule has 3 unspecified atom stereocenters. The van der Waals surface area contributed by atoms with E-state index < -0.39 is 17.1 Å². The standard InChI is InChI=1S/C28H20ClN3O5S2/c29-15-10-12-16(13-11-15)30-20(33)14-37-19-9-5-4-8-18(19)21-22-24(38-25-23(21)39-28(36)31-25)27(35)32(26(22)34)17-6-2-1-3-7-17/h1-13,21-22,24H,14H2,(H,30,33)(H,31,36). The summed E-state index contributed by atoms with van der Waals surface area (Å²) in [6, 6.07) is 22.6. The molecule has 0 radical (unpaired) electrons. The maximum atomic E-state index is 13.8. The van der Waals surface area contributed by atoms with Crippen LogP contribution in [0.25, 0.3) is 0 Å². The van der Waals surface area contributed by atoms with Gasteiger partial charge in [0, 0.05) is 27.1 Å². The molecule has 4 aromatic rings. The molecule has 2 N–H and O–H groups in total. The van der Waals surface area contributed by atoms with Crippen molar-refractivity contribution in [3.05, 3.63) is 104 Å². The number of benzene rings is 3. The molecule has 3 aromatic carbocycles. The van der Waals surface area contributed by atoms with Gasteiger partial charge in [0.1, 0.15) is 11.0 Å². The van der Waals surface area contributed by atoms with E-state index in [-0.39, 0.29) is 29.2 Å². The molecule has 1 fully saturated rings. The normalized spacial score (nSPS) is 19.9. The Balaban J connectivity index is 1.33. The molecule has 2 aliphatic rings. The number of halogens is 1. The summed E-state index contributed by atoms with van der Waals surface area (Å²) in [6.07, 6.45) is 0. The van der Waals surface area contributed by atoms with E-state index in [2.05, 4.69) is 10.3 Å². The number of para-hydroxylation sites is 2. The van der Waals surface area contributed by atoms with Crippen LogP contribution in [0.1, 0.15) is 16.4 Å². The maximum Gasteiger partial charge on any atom is 0.305 e. The van der Waals surface area contributed by atoms with Gasteiger partial charge >= 0.3 is 4.87 Å². The van der Waals surface area contributed by atoms with Crippen LogP contribution in [0.5, 0.6) is 5.75 Å². The molecule has 1 saturated heterocycles. The fourth-order valence-corrected chi connectivity index (χ4v) is 7.56. The average Bonchev–Trinajstić information content (AvgIpc) is 3.43. The van der Waals surface area contributed by atoms with Gasteiger partial charge in [-0.15, -0.1) is 0 Å². The quantitative estimate of drug-likeness (QED) is 0.316. The van der Waals surface area contributed by atoms with Crippen LogP contribution in [0.4, 0.5) is 11.4 Å². The number of hydrogen-bond acceptors (Lipinski definition) is 7. The van der Waals surface area contributed by atoms with Gasteiger partial charge in [0.05, 0.1) is 16.6 Å². The second-order valence-electron chi connectivity index (χ2n) is 8.98. The zero-order valence-electron chi connectivity index (χ0n) is 20.1. The number of H-pyrrole nitrogens is 1. The van der Waals surface area contributed by atoms with Crippen LogP contribution in [-0.2, 0) is 14.4 Å². The minimum Gasteiger partial charge on any atom is -0.483 e. The van der Waals surface area contributed by atoms with Crippen molar-refractivity contribution < 1.29 is 19.1 Å². The lowest BCUT2D eigenvalue weighted by molar-refractivity contribution is -0.122. The highest BCUT2D eigenvalue weighted by Gasteiger charge is 2.56. The molecule has 0 bridgehead atoms. The van der Waals surface area contributed by atoms with Gasteiger partial charge in [-0.2, -0.15) is 0 Å². The van der Waals surface area contributed by atoms with Crippen molar-refractivity contribution >= 4 is 63.8 Å². The smallest absolute Gasteiger partial charge is 0.305 e. The summed E-state index contributed by atoms with van der Waals surface area (Å²) in [4.78, 5) is 56.8. The monoisotopic (exact) mass is 577 g/mol. The molecule has 3 heterocycles. The summed E-state index contributed by atoms with van der Waals surface area (Å²) in [7, 11) is 0. The van der Waals surface area contributed by atoms with Gasteiger partial charge in [-0.25, -0.2) is 4.90 Å². The number of anilines is 2. The van der Waals surface area contributed by atoms with Crippen molar-refractivity contribution in [2.24, 2.45) is 5.92 Å². The van der Waals surface area contributed by atoms with Crippen LogP contribution in [0.15, 0.2) is 88.7 Å². The summed E-state index contributed by atoms with van der Waals surface area (Å²) < 4.78 is 5.95. The molecule has 6 rings (SSSR count). The fourth-order valence-electron chi connectivity index (χ4n) is 4.93. The molecule has 8 nitrogen and oxygen atoms in total. The molecular weight excluding hydrogens is 558 g/mol. The van der Waals surface area contributed by atoms with Gasteiger partial charge in [0.15, 0.2) is 6.61 Å². The molecular formula is C28H20ClN3O5S2. The Morgan fingerprint density at radius 2 is 1.67 bits per heavy atom. The lowest BCUT2D eigenvalue weighted by atomic mass is 9.82. The molecule has 3 atom stereocenters. The highest BCUT2D eigenvalue weighted by Crippen LogP contribution is 2.54. The van der Waals surface area contributed by atoms with E-state index >= 15 is 0 Å². The van der Waals surface area contributed by atoms with Gasteiger partial charge in [-0.1, -0.05) is 71.1 Å². The van der Waals surface area contributed by atoms with Crippen molar-refractivity contribution in [1.29, 1.82) is 0 Å². The second kappa shape index (κ2) is 10.4. The Bertz CT molecular complexity index is 1640. The van der Waals surface area contributed by atoms with Crippen LogP contribution in [0.2, 0.25) is 5.02 Å². The van der Waals surface area contributed by atoms with Crippen molar-refractivity contribution in [2.45, 2.75) is 16.2 Å². The van der Waals surface area contributed by atoms with Gasteiger partial charge in [-0.3, -0.25) is 19.2 Å². The van der Waals surface area contributed by atoms with Gasteiger partial charge in [0.2, 0.25) is 11.8 Å². The van der Waals surface area contributed by atoms with E-state index in [9.17, 15) is 19.2 Å². The Labute approximate surface area is 236 Å². The Kier molecular flexibility index (Phi) is 6.76. The van der Waals surface area contributed by atoms with Crippen molar-refractivity contribution in [1.82, 2.24) is 4.98 Å². The van der Waals surface area contributed by atoms with Crippen molar-refractivity contribution in [2.75, 3.05) is 16.8 Å². The molecule has 0 saturated carbocycles. The Hall–Kier alpha value is -3.86. The van der Waals surface area contributed by atoms with E-state index in [0.717, 1.165) is 11.3 Å². The molecule has 3 amide bonds. The number of aromatic amines is 1. The van der Waals surface area contributed by atoms with Crippen LogP contribution in [0, 0.1) is 5.92 Å². The average molecular weight is 578 g/mol. The number of carbonyl (C=O) groups is 3. The third-order valence-electron chi connectivity index (χ3n) is 6.58. The summed E-state index contributed by atoms with van der Waals surface area (Å²) >= 11 is 8.14. The number of nitrogens with zero attached hydrogens (tertiary/aromatic N) is 1. The number of amides is 3. The Morgan fingerprint density at radius 3 is 2.44 bits per heavy atom. The van der Waals surface area contributed by atoms with E-state index in [1.54, 1.807) is 72.8 Å². The molecule has 0 aliphatic carbocycles. The summed E-state index contributed by atoms with van der Waals surface area (Å²) in [5.41, 5.74) is 1.70. The second-order valence-corrected chi connectivity index (χ2v) is 11.6. The number of aromatic nitrogens is 1. The summed E-state index contributed by atoms with van der Waals surface area (Å²) in [5, 5.41) is 3.16. The first kappa shape index (κ1) is 25.4. The zero-order chi connectivity index (χ0) is 27.1. The predicted molar refractivity (Wildman–Crippen MR) is 151 cm³/mol. The lowest BCUT2D eigenvalue weighted by Gasteiger charge is -2.30. The topological polar surface area (TPSA) is 109 Å². The third-order valence-corrected chi connectivity index (χ3v) is 9.23. The Morgan fingerprint density at radius 1 is 0.949 bits per heavy atom. The number of hydrogen-bond donors (Lipinski definition) is 2. The first-order valence-electron chi connectivity index (χ1n) is 12.0. The minimum atomic E-state index is -0.755. The highest BCUT2D eigenvalue weighted by atomic mass is 35.5. The number of nitrogens with one attached hydrogen (secondary N) is 2. The van der Waals surface area contributed by atoms with E-state index in [1.165, 1.54) is 16.7 Å². The number of rotatable bonds is 6. The largest absolute Gasteiger partial charge is 0.483 e. The number of fused-ring (bicyclic) bond motifs is 2. The predicted octanol–water partition coefficient (Wildman–Crippen LogP) is 4.90. The van der Waals surface area contributed by atoms with Crippen molar-refractivity contribution in [3.63, 3.8) is 0 Å². The van der Waals surface area contributed by atoms with E-state index in [1.807, 2.05) is 6.07 Å². The molecule has 196 valence electrons. The maximum absolute atomic E-state index is 13.8. The van der Waals surface area contributed by atoms with Crippen LogP contribution in [-0.4, -0.2) is 34.6 Å². The number of carbonyl (C=O) groups excluding carboxylic acids is 3. The fraction of sp³-hybridized carbons (Fsp3) is 0.143. The first-order chi connectivity index (χ1) is 18.9. The van der Waals surface area contributed by atoms with Crippen molar-refractivity contribution in [3.8, 4) is 5.75 Å². The third kappa shape index (κ3) is 4.75. The van der Waals surface area contributed by atoms with Crippen LogP contribution < -0.4 is 19.8 Å². The molecule has 1 aromatic heterocycles. The number of thioether (sulfide) groups is 1. The van der Waals surface area contributed by atoms with Crippen LogP contribution >= 0.6 is 34.7 Å². The van der Waals surface area contributed by atoms with Gasteiger partial charge < -0.3 is 15.0 Å². The summed E-state index contributed by atoms with van der Waals surface area (Å²) in [6.45, 7) is -0.283. The van der Waals surface area contributed by atoms with E-state index in [0.29, 0.717) is 37.6 Å². The highest BCUT2D eigenvalue weighted by molar-refractivity contribution is 8.00.